The van der Waals surface area contributed by atoms with Crippen molar-refractivity contribution in [2.45, 2.75) is 12.5 Å². The molecule has 0 bridgehead atoms. The van der Waals surface area contributed by atoms with Crippen molar-refractivity contribution in [2.24, 2.45) is 7.05 Å². The third-order valence-electron chi connectivity index (χ3n) is 1.64. The maximum atomic E-state index is 9.55. The average Bonchev–Trinajstić information content (AvgIpc) is 2.32. The molecule has 1 rings (SSSR count). The molecule has 1 N–H and O–H groups in total. The Morgan fingerprint density at radius 2 is 2.58 bits per heavy atom. The summed E-state index contributed by atoms with van der Waals surface area (Å²) in [4.78, 5) is 0. The molecule has 0 aliphatic carbocycles. The number of rotatable bonds is 3. The molecule has 0 aliphatic rings. The summed E-state index contributed by atoms with van der Waals surface area (Å²) in [6.45, 7) is 3.54. The van der Waals surface area contributed by atoms with Crippen molar-refractivity contribution in [3.8, 4) is 0 Å². The van der Waals surface area contributed by atoms with E-state index in [-0.39, 0.29) is 0 Å². The van der Waals surface area contributed by atoms with Crippen LogP contribution >= 0.6 is 11.6 Å². The van der Waals surface area contributed by atoms with Crippen LogP contribution in [0.1, 0.15) is 18.2 Å². The highest BCUT2D eigenvalue weighted by atomic mass is 35.5. The van der Waals surface area contributed by atoms with E-state index in [4.69, 9.17) is 11.6 Å². The summed E-state index contributed by atoms with van der Waals surface area (Å²) in [5, 5.41) is 14.0. The quantitative estimate of drug-likeness (QED) is 0.730. The molecule has 3 nitrogen and oxygen atoms in total. The number of aliphatic hydroxyl groups excluding tert-OH is 1. The zero-order valence-electron chi connectivity index (χ0n) is 6.87. The Bertz CT molecular complexity index is 263. The number of aryl methyl sites for hydroxylation is 1. The predicted octanol–water partition coefficient (Wildman–Crippen LogP) is 1.68. The highest BCUT2D eigenvalue weighted by molar-refractivity contribution is 6.31. The van der Waals surface area contributed by atoms with Gasteiger partial charge in [0.2, 0.25) is 0 Å². The van der Waals surface area contributed by atoms with Crippen LogP contribution in [0.15, 0.2) is 18.9 Å². The molecule has 66 valence electrons. The molecule has 0 aromatic carbocycles. The van der Waals surface area contributed by atoms with Crippen LogP contribution in [-0.2, 0) is 7.05 Å². The lowest BCUT2D eigenvalue weighted by atomic mass is 10.2. The van der Waals surface area contributed by atoms with Gasteiger partial charge >= 0.3 is 0 Å². The van der Waals surface area contributed by atoms with Gasteiger partial charge in [-0.05, 0) is 6.42 Å². The average molecular weight is 187 g/mol. The molecule has 12 heavy (non-hydrogen) atoms. The minimum absolute atomic E-state index is 0.485. The fourth-order valence-electron chi connectivity index (χ4n) is 1.06. The molecule has 1 unspecified atom stereocenters. The van der Waals surface area contributed by atoms with Crippen LogP contribution in [0.3, 0.4) is 0 Å². The molecule has 1 aromatic heterocycles. The van der Waals surface area contributed by atoms with Gasteiger partial charge in [0, 0.05) is 7.05 Å². The Kier molecular flexibility index (Phi) is 2.89. The zero-order chi connectivity index (χ0) is 9.14. The van der Waals surface area contributed by atoms with Crippen molar-refractivity contribution in [2.75, 3.05) is 0 Å². The van der Waals surface area contributed by atoms with Crippen molar-refractivity contribution in [1.82, 2.24) is 9.78 Å². The van der Waals surface area contributed by atoms with E-state index in [0.717, 1.165) is 0 Å². The second-order valence-electron chi connectivity index (χ2n) is 2.54. The van der Waals surface area contributed by atoms with Gasteiger partial charge in [-0.25, -0.2) is 0 Å². The van der Waals surface area contributed by atoms with Crippen molar-refractivity contribution < 1.29 is 5.11 Å². The first kappa shape index (κ1) is 9.29. The smallest absolute Gasteiger partial charge is 0.101 e. The Morgan fingerprint density at radius 3 is 3.00 bits per heavy atom. The van der Waals surface area contributed by atoms with Gasteiger partial charge in [0.15, 0.2) is 0 Å². The molecule has 4 heteroatoms. The predicted molar refractivity (Wildman–Crippen MR) is 48.0 cm³/mol. The summed E-state index contributed by atoms with van der Waals surface area (Å²) < 4.78 is 1.57. The normalized spacial score (nSPS) is 12.9. The molecule has 0 spiro atoms. The third kappa shape index (κ3) is 1.68. The zero-order valence-corrected chi connectivity index (χ0v) is 7.62. The topological polar surface area (TPSA) is 38.1 Å². The molecule has 0 fully saturated rings. The summed E-state index contributed by atoms with van der Waals surface area (Å²) in [5.41, 5.74) is 0.636. The number of halogens is 1. The van der Waals surface area contributed by atoms with Crippen molar-refractivity contribution >= 4 is 11.6 Å². The summed E-state index contributed by atoms with van der Waals surface area (Å²) in [7, 11) is 1.74. The summed E-state index contributed by atoms with van der Waals surface area (Å²) in [6.07, 6.45) is 3.04. The first-order valence-corrected chi connectivity index (χ1v) is 4.01. The molecule has 0 saturated carbocycles. The lowest BCUT2D eigenvalue weighted by Gasteiger charge is -2.08. The maximum absolute atomic E-state index is 9.55. The van der Waals surface area contributed by atoms with Crippen LogP contribution in [0, 0.1) is 0 Å². The van der Waals surface area contributed by atoms with E-state index < -0.39 is 6.10 Å². The molecule has 1 aromatic rings. The SMILES string of the molecule is C=CCC(O)c1c(Cl)cnn1C. The van der Waals surface area contributed by atoms with Crippen LogP contribution in [0.2, 0.25) is 5.02 Å². The van der Waals surface area contributed by atoms with E-state index in [2.05, 4.69) is 11.7 Å². The molecular weight excluding hydrogens is 176 g/mol. The van der Waals surface area contributed by atoms with Gasteiger partial charge in [-0.3, -0.25) is 4.68 Å². The summed E-state index contributed by atoms with van der Waals surface area (Å²) >= 11 is 5.80. The van der Waals surface area contributed by atoms with Gasteiger partial charge in [0.05, 0.1) is 16.9 Å². The fourth-order valence-corrected chi connectivity index (χ4v) is 1.36. The standard InChI is InChI=1S/C8H11ClN2O/c1-3-4-7(12)8-6(9)5-10-11(8)2/h3,5,7,12H,1,4H2,2H3. The lowest BCUT2D eigenvalue weighted by molar-refractivity contribution is 0.172. The van der Waals surface area contributed by atoms with E-state index in [9.17, 15) is 5.11 Å². The molecule has 0 saturated heterocycles. The van der Waals surface area contributed by atoms with Crippen LogP contribution in [0.25, 0.3) is 0 Å². The van der Waals surface area contributed by atoms with E-state index in [1.807, 2.05) is 0 Å². The largest absolute Gasteiger partial charge is 0.386 e. The molecule has 1 atom stereocenters. The highest BCUT2D eigenvalue weighted by Crippen LogP contribution is 2.24. The maximum Gasteiger partial charge on any atom is 0.101 e. The number of aromatic nitrogens is 2. The number of hydrogen-bond acceptors (Lipinski definition) is 2. The van der Waals surface area contributed by atoms with Gasteiger partial charge in [0.1, 0.15) is 6.10 Å². The van der Waals surface area contributed by atoms with Crippen LogP contribution in [-0.4, -0.2) is 14.9 Å². The molecule has 0 aliphatic heterocycles. The number of hydrogen-bond donors (Lipinski definition) is 1. The van der Waals surface area contributed by atoms with E-state index >= 15 is 0 Å². The first-order valence-electron chi connectivity index (χ1n) is 3.63. The Balaban J connectivity index is 2.92. The first-order chi connectivity index (χ1) is 5.66. The van der Waals surface area contributed by atoms with Crippen LogP contribution in [0.4, 0.5) is 0 Å². The van der Waals surface area contributed by atoms with Crippen molar-refractivity contribution in [3.05, 3.63) is 29.6 Å². The van der Waals surface area contributed by atoms with Gasteiger partial charge < -0.3 is 5.11 Å². The van der Waals surface area contributed by atoms with E-state index in [1.54, 1.807) is 17.8 Å². The van der Waals surface area contributed by atoms with Gasteiger partial charge in [-0.1, -0.05) is 17.7 Å². The monoisotopic (exact) mass is 186 g/mol. The van der Waals surface area contributed by atoms with Gasteiger partial charge in [0.25, 0.3) is 0 Å². The van der Waals surface area contributed by atoms with Gasteiger partial charge in [-0.2, -0.15) is 5.10 Å². The minimum Gasteiger partial charge on any atom is -0.386 e. The highest BCUT2D eigenvalue weighted by Gasteiger charge is 2.14. The Morgan fingerprint density at radius 1 is 1.92 bits per heavy atom. The second-order valence-corrected chi connectivity index (χ2v) is 2.95. The number of aliphatic hydroxyl groups is 1. The van der Waals surface area contributed by atoms with Crippen molar-refractivity contribution in [1.29, 1.82) is 0 Å². The molecule has 1 heterocycles. The Hall–Kier alpha value is -0.800. The van der Waals surface area contributed by atoms with Crippen molar-refractivity contribution in [3.63, 3.8) is 0 Å². The van der Waals surface area contributed by atoms with Crippen LogP contribution in [0.5, 0.6) is 0 Å². The minimum atomic E-state index is -0.609. The van der Waals surface area contributed by atoms with E-state index in [1.165, 1.54) is 6.20 Å². The molecule has 0 amide bonds. The van der Waals surface area contributed by atoms with E-state index in [0.29, 0.717) is 17.1 Å². The van der Waals surface area contributed by atoms with Gasteiger partial charge in [-0.15, -0.1) is 6.58 Å². The Labute approximate surface area is 76.3 Å². The summed E-state index contributed by atoms with van der Waals surface area (Å²) in [6, 6.07) is 0. The molecular formula is C8H11ClN2O. The second kappa shape index (κ2) is 3.74. The lowest BCUT2D eigenvalue weighted by Crippen LogP contribution is -2.04. The fraction of sp³-hybridized carbons (Fsp3) is 0.375. The summed E-state index contributed by atoms with van der Waals surface area (Å²) in [5.74, 6) is 0. The number of nitrogens with zero attached hydrogens (tertiary/aromatic N) is 2. The van der Waals surface area contributed by atoms with Crippen LogP contribution < -0.4 is 0 Å². The molecule has 0 radical (unpaired) electrons. The third-order valence-corrected chi connectivity index (χ3v) is 1.93.